The van der Waals surface area contributed by atoms with Gasteiger partial charge in [-0.15, -0.1) is 0 Å². The summed E-state index contributed by atoms with van der Waals surface area (Å²) >= 11 is 0. The van der Waals surface area contributed by atoms with E-state index < -0.39 is 0 Å². The fraction of sp³-hybridized carbons (Fsp3) is 0.467. The van der Waals surface area contributed by atoms with Gasteiger partial charge in [-0.3, -0.25) is 9.89 Å². The second-order valence-corrected chi connectivity index (χ2v) is 5.30. The van der Waals surface area contributed by atoms with Crippen molar-refractivity contribution in [3.05, 3.63) is 30.0 Å². The fourth-order valence-corrected chi connectivity index (χ4v) is 2.85. The second kappa shape index (κ2) is 5.43. The highest BCUT2D eigenvalue weighted by molar-refractivity contribution is 6.06. The third kappa shape index (κ3) is 2.62. The molecule has 0 bridgehead atoms. The predicted molar refractivity (Wildman–Crippen MR) is 75.0 cm³/mol. The van der Waals surface area contributed by atoms with Crippen LogP contribution in [0.2, 0.25) is 0 Å². The lowest BCUT2D eigenvalue weighted by molar-refractivity contribution is 0.0935. The van der Waals surface area contributed by atoms with Crippen LogP contribution in [0.4, 0.5) is 0 Å². The maximum Gasteiger partial charge on any atom is 0.252 e. The topological polar surface area (TPSA) is 57.8 Å². The molecule has 1 aliphatic carbocycles. The first-order valence-electron chi connectivity index (χ1n) is 7.07. The van der Waals surface area contributed by atoms with E-state index in [2.05, 4.69) is 15.5 Å². The molecule has 1 amide bonds. The average molecular weight is 257 g/mol. The molecule has 0 unspecified atom stereocenters. The molecular weight excluding hydrogens is 238 g/mol. The molecule has 0 atom stereocenters. The summed E-state index contributed by atoms with van der Waals surface area (Å²) in [7, 11) is 0. The Hall–Kier alpha value is -1.84. The van der Waals surface area contributed by atoms with Crippen molar-refractivity contribution < 1.29 is 4.79 Å². The molecule has 0 spiro atoms. The highest BCUT2D eigenvalue weighted by Gasteiger charge is 2.17. The Kier molecular flexibility index (Phi) is 3.49. The SMILES string of the molecule is O=C(NC1CCCCCC1)c1cccc2[nH]ncc12. The molecule has 2 N–H and O–H groups in total. The summed E-state index contributed by atoms with van der Waals surface area (Å²) in [5, 5.41) is 11.0. The van der Waals surface area contributed by atoms with Crippen LogP contribution in [0.15, 0.2) is 24.4 Å². The van der Waals surface area contributed by atoms with Gasteiger partial charge in [-0.05, 0) is 25.0 Å². The van der Waals surface area contributed by atoms with Gasteiger partial charge in [0.25, 0.3) is 5.91 Å². The maximum absolute atomic E-state index is 12.4. The Balaban J connectivity index is 1.77. The maximum atomic E-state index is 12.4. The van der Waals surface area contributed by atoms with E-state index in [0.29, 0.717) is 6.04 Å². The van der Waals surface area contributed by atoms with Gasteiger partial charge in [0.2, 0.25) is 0 Å². The quantitative estimate of drug-likeness (QED) is 0.812. The van der Waals surface area contributed by atoms with Crippen LogP contribution in [0, 0.1) is 0 Å². The van der Waals surface area contributed by atoms with E-state index in [1.54, 1.807) is 6.20 Å². The van der Waals surface area contributed by atoms with E-state index in [1.807, 2.05) is 18.2 Å². The van der Waals surface area contributed by atoms with Gasteiger partial charge in [-0.1, -0.05) is 31.7 Å². The van der Waals surface area contributed by atoms with E-state index in [-0.39, 0.29) is 5.91 Å². The lowest BCUT2D eigenvalue weighted by atomic mass is 10.1. The van der Waals surface area contributed by atoms with E-state index in [9.17, 15) is 4.79 Å². The van der Waals surface area contributed by atoms with Crippen molar-refractivity contribution in [3.8, 4) is 0 Å². The molecule has 1 heterocycles. The van der Waals surface area contributed by atoms with Crippen LogP contribution in [-0.2, 0) is 0 Å². The van der Waals surface area contributed by atoms with Crippen LogP contribution >= 0.6 is 0 Å². The minimum absolute atomic E-state index is 0.0268. The minimum atomic E-state index is 0.0268. The molecule has 0 aliphatic heterocycles. The Morgan fingerprint density at radius 1 is 1.21 bits per heavy atom. The van der Waals surface area contributed by atoms with Gasteiger partial charge in [0.05, 0.1) is 17.3 Å². The third-order valence-corrected chi connectivity index (χ3v) is 3.92. The van der Waals surface area contributed by atoms with Crippen molar-refractivity contribution in [3.63, 3.8) is 0 Å². The number of benzene rings is 1. The van der Waals surface area contributed by atoms with E-state index in [0.717, 1.165) is 29.3 Å². The smallest absolute Gasteiger partial charge is 0.252 e. The Morgan fingerprint density at radius 2 is 2.00 bits per heavy atom. The molecule has 1 aromatic heterocycles. The molecule has 0 radical (unpaired) electrons. The van der Waals surface area contributed by atoms with Crippen molar-refractivity contribution in [2.75, 3.05) is 0 Å². The summed E-state index contributed by atoms with van der Waals surface area (Å²) < 4.78 is 0. The molecule has 2 aromatic rings. The third-order valence-electron chi connectivity index (χ3n) is 3.92. The largest absolute Gasteiger partial charge is 0.349 e. The number of rotatable bonds is 2. The number of carbonyl (C=O) groups excluding carboxylic acids is 1. The lowest BCUT2D eigenvalue weighted by Crippen LogP contribution is -2.34. The summed E-state index contributed by atoms with van der Waals surface area (Å²) in [6.07, 6.45) is 8.96. The lowest BCUT2D eigenvalue weighted by Gasteiger charge is -2.16. The van der Waals surface area contributed by atoms with E-state index in [4.69, 9.17) is 0 Å². The average Bonchev–Trinajstić information content (AvgIpc) is 2.76. The number of aromatic amines is 1. The standard InChI is InChI=1S/C15H19N3O/c19-15(17-11-6-3-1-2-4-7-11)12-8-5-9-14-13(12)10-16-18-14/h5,8-11H,1-4,6-7H2,(H,16,18)(H,17,19). The summed E-state index contributed by atoms with van der Waals surface area (Å²) in [4.78, 5) is 12.4. The van der Waals surface area contributed by atoms with Crippen molar-refractivity contribution in [2.24, 2.45) is 0 Å². The molecule has 4 nitrogen and oxygen atoms in total. The van der Waals surface area contributed by atoms with Crippen LogP contribution in [-0.4, -0.2) is 22.1 Å². The zero-order chi connectivity index (χ0) is 13.1. The summed E-state index contributed by atoms with van der Waals surface area (Å²) in [5.41, 5.74) is 1.63. The predicted octanol–water partition coefficient (Wildman–Crippen LogP) is 3.02. The van der Waals surface area contributed by atoms with Gasteiger partial charge in [-0.2, -0.15) is 5.10 Å². The minimum Gasteiger partial charge on any atom is -0.349 e. The van der Waals surface area contributed by atoms with Crippen LogP contribution in [0.3, 0.4) is 0 Å². The van der Waals surface area contributed by atoms with Gasteiger partial charge in [0.15, 0.2) is 0 Å². The number of amides is 1. The van der Waals surface area contributed by atoms with Gasteiger partial charge in [0, 0.05) is 11.4 Å². The Bertz CT molecular complexity index is 568. The normalized spacial score (nSPS) is 17.3. The van der Waals surface area contributed by atoms with Crippen molar-refractivity contribution in [1.82, 2.24) is 15.5 Å². The van der Waals surface area contributed by atoms with Crippen molar-refractivity contribution >= 4 is 16.8 Å². The number of hydrogen-bond donors (Lipinski definition) is 2. The van der Waals surface area contributed by atoms with Crippen LogP contribution in [0.1, 0.15) is 48.9 Å². The molecule has 100 valence electrons. The first-order valence-corrected chi connectivity index (χ1v) is 7.07. The van der Waals surface area contributed by atoms with Crippen molar-refractivity contribution in [2.45, 2.75) is 44.6 Å². The zero-order valence-corrected chi connectivity index (χ0v) is 11.0. The summed E-state index contributed by atoms with van der Waals surface area (Å²) in [5.74, 6) is 0.0268. The van der Waals surface area contributed by atoms with Crippen LogP contribution < -0.4 is 5.32 Å². The van der Waals surface area contributed by atoms with Crippen LogP contribution in [0.25, 0.3) is 10.9 Å². The number of nitrogens with one attached hydrogen (secondary N) is 2. The number of fused-ring (bicyclic) bond motifs is 1. The number of carbonyl (C=O) groups is 1. The monoisotopic (exact) mass is 257 g/mol. The molecule has 3 rings (SSSR count). The summed E-state index contributed by atoms with van der Waals surface area (Å²) in [6.45, 7) is 0. The number of H-pyrrole nitrogens is 1. The fourth-order valence-electron chi connectivity index (χ4n) is 2.85. The van der Waals surface area contributed by atoms with Crippen molar-refractivity contribution in [1.29, 1.82) is 0 Å². The second-order valence-electron chi connectivity index (χ2n) is 5.30. The highest BCUT2D eigenvalue weighted by Crippen LogP contribution is 2.19. The molecule has 4 heteroatoms. The Morgan fingerprint density at radius 3 is 2.79 bits per heavy atom. The first-order chi connectivity index (χ1) is 9.34. The zero-order valence-electron chi connectivity index (χ0n) is 11.0. The molecule has 1 saturated carbocycles. The number of hydrogen-bond acceptors (Lipinski definition) is 2. The molecular formula is C15H19N3O. The van der Waals surface area contributed by atoms with Gasteiger partial charge in [0.1, 0.15) is 0 Å². The first kappa shape index (κ1) is 12.2. The van der Waals surface area contributed by atoms with E-state index in [1.165, 1.54) is 25.7 Å². The molecule has 1 fully saturated rings. The molecule has 1 aromatic carbocycles. The highest BCUT2D eigenvalue weighted by atomic mass is 16.1. The molecule has 19 heavy (non-hydrogen) atoms. The molecule has 0 saturated heterocycles. The van der Waals surface area contributed by atoms with Gasteiger partial charge in [-0.25, -0.2) is 0 Å². The van der Waals surface area contributed by atoms with E-state index >= 15 is 0 Å². The number of nitrogens with zero attached hydrogens (tertiary/aromatic N) is 1. The van der Waals surface area contributed by atoms with Gasteiger partial charge >= 0.3 is 0 Å². The summed E-state index contributed by atoms with van der Waals surface area (Å²) in [6, 6.07) is 6.02. The molecule has 1 aliphatic rings. The number of aromatic nitrogens is 2. The van der Waals surface area contributed by atoms with Gasteiger partial charge < -0.3 is 5.32 Å². The van der Waals surface area contributed by atoms with Crippen LogP contribution in [0.5, 0.6) is 0 Å². The Labute approximate surface area is 112 Å².